The molecule has 30 heavy (non-hydrogen) atoms. The van der Waals surface area contributed by atoms with Gasteiger partial charge in [-0.3, -0.25) is 9.69 Å². The Balaban J connectivity index is 0.000000418. The average Bonchev–Trinajstić information content (AvgIpc) is 2.78. The molecule has 0 bridgehead atoms. The quantitative estimate of drug-likeness (QED) is 0.475. The van der Waals surface area contributed by atoms with Gasteiger partial charge in [-0.1, -0.05) is 110 Å². The van der Waals surface area contributed by atoms with Crippen LogP contribution in [0.15, 0.2) is 91.0 Å². The predicted octanol–water partition coefficient (Wildman–Crippen LogP) is 6.19. The first-order valence-corrected chi connectivity index (χ1v) is 10.4. The maximum Gasteiger partial charge on any atom is 0.160 e. The minimum Gasteiger partial charge on any atom is -0.297 e. The molecule has 0 aliphatic rings. The summed E-state index contributed by atoms with van der Waals surface area (Å²) < 4.78 is 0. The zero-order valence-corrected chi connectivity index (χ0v) is 18.3. The molecule has 3 heteroatoms. The first-order valence-electron chi connectivity index (χ1n) is 10.4. The molecule has 0 unspecified atom stereocenters. The van der Waals surface area contributed by atoms with Crippen molar-refractivity contribution >= 4 is 5.78 Å². The van der Waals surface area contributed by atoms with Gasteiger partial charge in [-0.05, 0) is 18.1 Å². The molecule has 3 aromatic rings. The number of hydrogen-bond acceptors (Lipinski definition) is 3. The van der Waals surface area contributed by atoms with Gasteiger partial charge in [-0.2, -0.15) is 5.26 Å². The van der Waals surface area contributed by atoms with Crippen LogP contribution < -0.4 is 0 Å². The number of aryl methyl sites for hydroxylation is 1. The second-order valence-electron chi connectivity index (χ2n) is 6.64. The number of rotatable bonds is 7. The van der Waals surface area contributed by atoms with Gasteiger partial charge < -0.3 is 0 Å². The van der Waals surface area contributed by atoms with Crippen LogP contribution in [0.4, 0.5) is 0 Å². The maximum absolute atomic E-state index is 11.8. The fourth-order valence-electron chi connectivity index (χ4n) is 2.78. The number of carbonyl (C=O) groups excluding carboxylic acids is 1. The minimum atomic E-state index is -0.0376. The molecule has 156 valence electrons. The normalized spacial score (nSPS) is 9.43. The first kappa shape index (κ1) is 24.8. The molecule has 3 nitrogen and oxygen atoms in total. The zero-order chi connectivity index (χ0) is 22.0. The standard InChI is InChI=1S/C18H18N2O.C7H8.C2H6/c19-12-11-18(21)15-20(13-16-7-3-1-4-8-16)14-17-9-5-2-6-10-17;1-7-5-3-2-4-6-7;1-2/h1-10H,11,13-15H2;2-6H,1H3;1-2H3. The van der Waals surface area contributed by atoms with Crippen molar-refractivity contribution in [3.8, 4) is 6.07 Å². The van der Waals surface area contributed by atoms with Gasteiger partial charge in [0.15, 0.2) is 5.78 Å². The van der Waals surface area contributed by atoms with Crippen LogP contribution in [0.3, 0.4) is 0 Å². The molecule has 0 amide bonds. The summed E-state index contributed by atoms with van der Waals surface area (Å²) in [5, 5.41) is 8.64. The van der Waals surface area contributed by atoms with E-state index in [4.69, 9.17) is 5.26 Å². The molecule has 0 saturated heterocycles. The fourth-order valence-corrected chi connectivity index (χ4v) is 2.78. The van der Waals surface area contributed by atoms with E-state index in [1.807, 2.05) is 98.8 Å². The van der Waals surface area contributed by atoms with Crippen molar-refractivity contribution in [2.45, 2.75) is 40.3 Å². The minimum absolute atomic E-state index is 0.0277. The lowest BCUT2D eigenvalue weighted by Gasteiger charge is -2.21. The van der Waals surface area contributed by atoms with E-state index >= 15 is 0 Å². The zero-order valence-electron chi connectivity index (χ0n) is 18.3. The lowest BCUT2D eigenvalue weighted by molar-refractivity contribution is -0.119. The van der Waals surface area contributed by atoms with Gasteiger partial charge in [-0.25, -0.2) is 0 Å². The van der Waals surface area contributed by atoms with Crippen LogP contribution >= 0.6 is 0 Å². The molecule has 0 aliphatic heterocycles. The molecular formula is C27H32N2O. The summed E-state index contributed by atoms with van der Waals surface area (Å²) in [6, 6.07) is 32.3. The number of benzene rings is 3. The summed E-state index contributed by atoms with van der Waals surface area (Å²) in [6.45, 7) is 7.79. The van der Waals surface area contributed by atoms with E-state index in [-0.39, 0.29) is 12.2 Å². The molecular weight excluding hydrogens is 368 g/mol. The Hall–Kier alpha value is -3.22. The number of nitriles is 1. The second kappa shape index (κ2) is 15.7. The van der Waals surface area contributed by atoms with Gasteiger partial charge in [0, 0.05) is 13.1 Å². The lowest BCUT2D eigenvalue weighted by atomic mass is 10.1. The van der Waals surface area contributed by atoms with E-state index in [1.165, 1.54) is 5.56 Å². The van der Waals surface area contributed by atoms with Crippen LogP contribution in [0.5, 0.6) is 0 Å². The number of hydrogen-bond donors (Lipinski definition) is 0. The van der Waals surface area contributed by atoms with Crippen molar-refractivity contribution in [2.24, 2.45) is 0 Å². The van der Waals surface area contributed by atoms with E-state index in [0.29, 0.717) is 19.6 Å². The Bertz CT molecular complexity index is 814. The fraction of sp³-hybridized carbons (Fsp3) is 0.259. The largest absolute Gasteiger partial charge is 0.297 e. The highest BCUT2D eigenvalue weighted by atomic mass is 16.1. The van der Waals surface area contributed by atoms with Gasteiger partial charge in [0.2, 0.25) is 0 Å². The van der Waals surface area contributed by atoms with Crippen LogP contribution in [0.2, 0.25) is 0 Å². The Labute approximate surface area is 181 Å². The van der Waals surface area contributed by atoms with Crippen molar-refractivity contribution in [1.82, 2.24) is 4.90 Å². The van der Waals surface area contributed by atoms with Gasteiger partial charge in [0.05, 0.1) is 19.0 Å². The Morgan fingerprint density at radius 2 is 1.17 bits per heavy atom. The summed E-state index contributed by atoms with van der Waals surface area (Å²) in [5.41, 5.74) is 3.65. The van der Waals surface area contributed by atoms with Crippen LogP contribution in [-0.4, -0.2) is 17.2 Å². The molecule has 0 aliphatic carbocycles. The molecule has 0 saturated carbocycles. The van der Waals surface area contributed by atoms with E-state index in [2.05, 4.69) is 24.0 Å². The second-order valence-corrected chi connectivity index (χ2v) is 6.64. The Morgan fingerprint density at radius 1 is 0.767 bits per heavy atom. The summed E-state index contributed by atoms with van der Waals surface area (Å²) in [4.78, 5) is 13.8. The van der Waals surface area contributed by atoms with Crippen LogP contribution in [0.1, 0.15) is 37.0 Å². The van der Waals surface area contributed by atoms with Gasteiger partial charge in [0.25, 0.3) is 0 Å². The summed E-state index contributed by atoms with van der Waals surface area (Å²) in [5.74, 6) is -0.0376. The third kappa shape index (κ3) is 10.9. The third-order valence-corrected chi connectivity index (χ3v) is 4.11. The Kier molecular flexibility index (Phi) is 13.0. The lowest BCUT2D eigenvalue weighted by Crippen LogP contribution is -2.29. The van der Waals surface area contributed by atoms with Gasteiger partial charge in [0.1, 0.15) is 0 Å². The SMILES string of the molecule is CC.Cc1ccccc1.N#CCC(=O)CN(Cc1ccccc1)Cc1ccccc1. The molecule has 3 rings (SSSR count). The summed E-state index contributed by atoms with van der Waals surface area (Å²) in [6.07, 6.45) is -0.0277. The van der Waals surface area contributed by atoms with E-state index in [9.17, 15) is 4.79 Å². The van der Waals surface area contributed by atoms with Crippen LogP contribution in [-0.2, 0) is 17.9 Å². The van der Waals surface area contributed by atoms with Crippen LogP contribution in [0, 0.1) is 18.3 Å². The van der Waals surface area contributed by atoms with Gasteiger partial charge in [-0.15, -0.1) is 0 Å². The molecule has 0 heterocycles. The highest BCUT2D eigenvalue weighted by Crippen LogP contribution is 2.10. The number of nitrogens with zero attached hydrogens (tertiary/aromatic N) is 2. The molecule has 0 N–H and O–H groups in total. The molecule has 0 fully saturated rings. The molecule has 0 spiro atoms. The molecule has 0 radical (unpaired) electrons. The van der Waals surface area contributed by atoms with Crippen molar-refractivity contribution in [1.29, 1.82) is 5.26 Å². The first-order chi connectivity index (χ1) is 14.7. The van der Waals surface area contributed by atoms with Crippen molar-refractivity contribution < 1.29 is 4.79 Å². The van der Waals surface area contributed by atoms with Crippen LogP contribution in [0.25, 0.3) is 0 Å². The highest BCUT2D eigenvalue weighted by molar-refractivity contribution is 5.82. The predicted molar refractivity (Wildman–Crippen MR) is 125 cm³/mol. The number of Topliss-reactive ketones (excluding diaryl/α,β-unsaturated/α-hetero) is 1. The van der Waals surface area contributed by atoms with E-state index < -0.39 is 0 Å². The molecule has 3 aromatic carbocycles. The topological polar surface area (TPSA) is 44.1 Å². The Morgan fingerprint density at radius 3 is 1.50 bits per heavy atom. The monoisotopic (exact) mass is 400 g/mol. The highest BCUT2D eigenvalue weighted by Gasteiger charge is 2.11. The van der Waals surface area contributed by atoms with Gasteiger partial charge >= 0.3 is 0 Å². The van der Waals surface area contributed by atoms with E-state index in [0.717, 1.165) is 11.1 Å². The third-order valence-electron chi connectivity index (χ3n) is 4.11. The molecule has 0 atom stereocenters. The number of ketones is 1. The average molecular weight is 401 g/mol. The van der Waals surface area contributed by atoms with Crippen molar-refractivity contribution in [3.05, 3.63) is 108 Å². The smallest absolute Gasteiger partial charge is 0.160 e. The van der Waals surface area contributed by atoms with Crippen molar-refractivity contribution in [2.75, 3.05) is 6.54 Å². The van der Waals surface area contributed by atoms with E-state index in [1.54, 1.807) is 0 Å². The number of carbonyl (C=O) groups is 1. The van der Waals surface area contributed by atoms with Crippen molar-refractivity contribution in [3.63, 3.8) is 0 Å². The maximum atomic E-state index is 11.8. The summed E-state index contributed by atoms with van der Waals surface area (Å²) in [7, 11) is 0. The molecule has 0 aromatic heterocycles. The summed E-state index contributed by atoms with van der Waals surface area (Å²) >= 11 is 0.